The number of nitrogens with one attached hydrogen (secondary N) is 1. The zero-order valence-corrected chi connectivity index (χ0v) is 13.7. The summed E-state index contributed by atoms with van der Waals surface area (Å²) in [4.78, 5) is 27.2. The van der Waals surface area contributed by atoms with Gasteiger partial charge in [0.2, 0.25) is 11.8 Å². The second-order valence-electron chi connectivity index (χ2n) is 5.86. The molecule has 1 aliphatic rings. The van der Waals surface area contributed by atoms with Crippen molar-refractivity contribution in [2.75, 3.05) is 13.7 Å². The van der Waals surface area contributed by atoms with E-state index >= 15 is 0 Å². The second-order valence-corrected chi connectivity index (χ2v) is 5.86. The average Bonchev–Trinajstić information content (AvgIpc) is 2.98. The van der Waals surface area contributed by atoms with Crippen LogP contribution in [0.5, 0.6) is 11.6 Å². The Bertz CT molecular complexity index is 859. The molecule has 1 aromatic heterocycles. The predicted octanol–water partition coefficient (Wildman–Crippen LogP) is 1.85. The Hall–Kier alpha value is -3.14. The highest BCUT2D eigenvalue weighted by atomic mass is 16.5. The molecule has 0 spiro atoms. The van der Waals surface area contributed by atoms with Gasteiger partial charge in [0.05, 0.1) is 30.7 Å². The number of amides is 1. The smallest absolute Gasteiger partial charge is 0.224 e. The van der Waals surface area contributed by atoms with Crippen molar-refractivity contribution in [2.24, 2.45) is 5.92 Å². The van der Waals surface area contributed by atoms with E-state index in [9.17, 15) is 9.59 Å². The zero-order chi connectivity index (χ0) is 17.8. The van der Waals surface area contributed by atoms with Crippen LogP contribution < -0.4 is 14.8 Å². The van der Waals surface area contributed by atoms with Gasteiger partial charge in [-0.3, -0.25) is 9.59 Å². The molecule has 7 heteroatoms. The lowest BCUT2D eigenvalue weighted by molar-refractivity contribution is -0.122. The largest absolute Gasteiger partial charge is 0.496 e. The molecule has 1 saturated heterocycles. The normalized spacial score (nSPS) is 19.3. The van der Waals surface area contributed by atoms with Crippen molar-refractivity contribution in [3.8, 4) is 17.7 Å². The van der Waals surface area contributed by atoms with E-state index in [0.717, 1.165) is 17.1 Å². The number of pyridine rings is 1. The average molecular weight is 339 g/mol. The van der Waals surface area contributed by atoms with E-state index in [2.05, 4.69) is 10.3 Å². The van der Waals surface area contributed by atoms with Crippen LogP contribution in [0.2, 0.25) is 0 Å². The first-order valence-electron chi connectivity index (χ1n) is 7.88. The van der Waals surface area contributed by atoms with E-state index in [1.54, 1.807) is 24.4 Å². The molecule has 2 unspecified atom stereocenters. The Balaban J connectivity index is 1.79. The fourth-order valence-electron chi connectivity index (χ4n) is 2.98. The van der Waals surface area contributed by atoms with Gasteiger partial charge >= 0.3 is 0 Å². The molecule has 2 aromatic rings. The Labute approximate surface area is 144 Å². The number of hydrogen-bond acceptors (Lipinski definition) is 6. The fourth-order valence-corrected chi connectivity index (χ4v) is 2.98. The van der Waals surface area contributed by atoms with Crippen LogP contribution in [0.4, 0.5) is 0 Å². The molecule has 0 bridgehead atoms. The van der Waals surface area contributed by atoms with Gasteiger partial charge < -0.3 is 14.8 Å². The number of nitrogens with zero attached hydrogens (tertiary/aromatic N) is 2. The van der Waals surface area contributed by atoms with E-state index in [4.69, 9.17) is 14.7 Å². The summed E-state index contributed by atoms with van der Waals surface area (Å²) in [5.41, 5.74) is 0.453. The molecule has 1 fully saturated rings. The first-order chi connectivity index (χ1) is 12.2. The standard InChI is InChI=1S/C18H17N3O4/c1-24-16-8-15-11(6-13(16)9-22)3-5-20-18(15)25-10-14-7-12(2-4-19)17(23)21-14/h3,5-6,8-9,12,14H,2,7,10H2,1H3,(H,21,23). The third-order valence-electron chi connectivity index (χ3n) is 4.25. The van der Waals surface area contributed by atoms with Gasteiger partial charge in [-0.15, -0.1) is 0 Å². The quantitative estimate of drug-likeness (QED) is 0.806. The van der Waals surface area contributed by atoms with Gasteiger partial charge in [0.15, 0.2) is 6.29 Å². The predicted molar refractivity (Wildman–Crippen MR) is 89.4 cm³/mol. The minimum Gasteiger partial charge on any atom is -0.496 e. The van der Waals surface area contributed by atoms with Crippen LogP contribution in [0, 0.1) is 17.2 Å². The molecule has 3 rings (SSSR count). The number of ether oxygens (including phenoxy) is 2. The van der Waals surface area contributed by atoms with Crippen LogP contribution >= 0.6 is 0 Å². The summed E-state index contributed by atoms with van der Waals surface area (Å²) in [6.07, 6.45) is 3.11. The third-order valence-corrected chi connectivity index (χ3v) is 4.25. The highest BCUT2D eigenvalue weighted by molar-refractivity contribution is 5.94. The van der Waals surface area contributed by atoms with Crippen molar-refractivity contribution in [1.82, 2.24) is 10.3 Å². The van der Waals surface area contributed by atoms with Gasteiger partial charge in [0.25, 0.3) is 0 Å². The van der Waals surface area contributed by atoms with Crippen LogP contribution in [-0.4, -0.2) is 36.9 Å². The highest BCUT2D eigenvalue weighted by Gasteiger charge is 2.32. The summed E-state index contributed by atoms with van der Waals surface area (Å²) in [6, 6.07) is 7.09. The number of aromatic nitrogens is 1. The van der Waals surface area contributed by atoms with Crippen LogP contribution in [0.15, 0.2) is 24.4 Å². The topological polar surface area (TPSA) is 101 Å². The molecule has 1 amide bonds. The van der Waals surface area contributed by atoms with Crippen LogP contribution in [0.25, 0.3) is 10.8 Å². The van der Waals surface area contributed by atoms with Crippen LogP contribution in [0.1, 0.15) is 23.2 Å². The Morgan fingerprint density at radius 1 is 1.48 bits per heavy atom. The molecule has 0 aliphatic carbocycles. The number of aldehydes is 1. The molecular weight excluding hydrogens is 322 g/mol. The number of fused-ring (bicyclic) bond motifs is 1. The monoisotopic (exact) mass is 339 g/mol. The van der Waals surface area contributed by atoms with Gasteiger partial charge in [-0.25, -0.2) is 4.98 Å². The van der Waals surface area contributed by atoms with E-state index in [1.165, 1.54) is 7.11 Å². The van der Waals surface area contributed by atoms with Crippen molar-refractivity contribution >= 4 is 23.0 Å². The lowest BCUT2D eigenvalue weighted by Gasteiger charge is -2.14. The molecule has 0 saturated carbocycles. The van der Waals surface area contributed by atoms with Crippen LogP contribution in [0.3, 0.4) is 0 Å². The summed E-state index contributed by atoms with van der Waals surface area (Å²) in [5, 5.41) is 13.1. The van der Waals surface area contributed by atoms with Crippen molar-refractivity contribution in [2.45, 2.75) is 18.9 Å². The molecule has 25 heavy (non-hydrogen) atoms. The molecule has 2 atom stereocenters. The maximum Gasteiger partial charge on any atom is 0.224 e. The Morgan fingerprint density at radius 3 is 3.04 bits per heavy atom. The zero-order valence-electron chi connectivity index (χ0n) is 13.7. The maximum absolute atomic E-state index is 11.8. The highest BCUT2D eigenvalue weighted by Crippen LogP contribution is 2.30. The summed E-state index contributed by atoms with van der Waals surface area (Å²) < 4.78 is 11.0. The maximum atomic E-state index is 11.8. The van der Waals surface area contributed by atoms with E-state index in [-0.39, 0.29) is 30.9 Å². The number of rotatable bonds is 6. The molecule has 0 radical (unpaired) electrons. The van der Waals surface area contributed by atoms with Gasteiger partial charge in [-0.1, -0.05) is 0 Å². The van der Waals surface area contributed by atoms with Crippen molar-refractivity contribution in [1.29, 1.82) is 5.26 Å². The minimum atomic E-state index is -0.283. The number of hydrogen-bond donors (Lipinski definition) is 1. The number of nitriles is 1. The summed E-state index contributed by atoms with van der Waals surface area (Å²) in [6.45, 7) is 0.261. The summed E-state index contributed by atoms with van der Waals surface area (Å²) in [5.74, 6) is 0.461. The molecule has 1 aliphatic heterocycles. The van der Waals surface area contributed by atoms with E-state index < -0.39 is 0 Å². The molecule has 2 heterocycles. The van der Waals surface area contributed by atoms with Gasteiger partial charge in [-0.05, 0) is 30.0 Å². The molecule has 7 nitrogen and oxygen atoms in total. The van der Waals surface area contributed by atoms with E-state index in [0.29, 0.717) is 23.6 Å². The number of carbonyl (C=O) groups excluding carboxylic acids is 2. The summed E-state index contributed by atoms with van der Waals surface area (Å²) in [7, 11) is 1.49. The fraction of sp³-hybridized carbons (Fsp3) is 0.333. The lowest BCUT2D eigenvalue weighted by Crippen LogP contribution is -2.31. The molecule has 1 aromatic carbocycles. The lowest BCUT2D eigenvalue weighted by atomic mass is 10.0. The number of carbonyl (C=O) groups is 2. The SMILES string of the molecule is COc1cc2c(OCC3CC(CC#N)C(=O)N3)nccc2cc1C=O. The van der Waals surface area contributed by atoms with Crippen molar-refractivity contribution in [3.05, 3.63) is 30.0 Å². The van der Waals surface area contributed by atoms with Crippen molar-refractivity contribution in [3.63, 3.8) is 0 Å². The first kappa shape index (κ1) is 16.7. The number of benzene rings is 1. The first-order valence-corrected chi connectivity index (χ1v) is 7.88. The van der Waals surface area contributed by atoms with Gasteiger partial charge in [-0.2, -0.15) is 5.26 Å². The van der Waals surface area contributed by atoms with E-state index in [1.807, 2.05) is 6.07 Å². The summed E-state index contributed by atoms with van der Waals surface area (Å²) >= 11 is 0. The third kappa shape index (κ3) is 3.38. The Kier molecular flexibility index (Phi) is 4.80. The molecule has 128 valence electrons. The second kappa shape index (κ2) is 7.18. The van der Waals surface area contributed by atoms with Crippen molar-refractivity contribution < 1.29 is 19.1 Å². The minimum absolute atomic E-state index is 0.113. The molecular formula is C18H17N3O4. The Morgan fingerprint density at radius 2 is 2.32 bits per heavy atom. The van der Waals surface area contributed by atoms with Crippen LogP contribution in [-0.2, 0) is 4.79 Å². The molecule has 1 N–H and O–H groups in total. The van der Waals surface area contributed by atoms with Gasteiger partial charge in [0, 0.05) is 18.0 Å². The number of methoxy groups -OCH3 is 1. The van der Waals surface area contributed by atoms with Gasteiger partial charge in [0.1, 0.15) is 12.4 Å².